The predicted molar refractivity (Wildman–Crippen MR) is 105 cm³/mol. The van der Waals surface area contributed by atoms with Crippen molar-refractivity contribution in [1.29, 1.82) is 0 Å². The first-order chi connectivity index (χ1) is 13.1. The molecule has 0 bridgehead atoms. The number of nitrogens with zero attached hydrogens (tertiary/aromatic N) is 1. The highest BCUT2D eigenvalue weighted by atomic mass is 16.6. The lowest BCUT2D eigenvalue weighted by molar-refractivity contribution is -0.129. The van der Waals surface area contributed by atoms with Crippen LogP contribution in [-0.4, -0.2) is 25.1 Å². The van der Waals surface area contributed by atoms with E-state index in [1.807, 2.05) is 62.4 Å². The van der Waals surface area contributed by atoms with Crippen LogP contribution >= 0.6 is 0 Å². The van der Waals surface area contributed by atoms with Gasteiger partial charge in [0.25, 0.3) is 0 Å². The number of hydrogen-bond acceptors (Lipinski definition) is 5. The van der Waals surface area contributed by atoms with Crippen LogP contribution in [0.2, 0.25) is 0 Å². The first-order valence-electron chi connectivity index (χ1n) is 8.69. The summed E-state index contributed by atoms with van der Waals surface area (Å²) in [6, 6.07) is 14.8. The molecule has 138 valence electrons. The van der Waals surface area contributed by atoms with Crippen LogP contribution in [0.15, 0.2) is 71.4 Å². The number of ether oxygens (including phenoxy) is 3. The zero-order valence-electron chi connectivity index (χ0n) is 15.4. The normalized spacial score (nSPS) is 14.7. The van der Waals surface area contributed by atoms with Gasteiger partial charge in [-0.2, -0.15) is 0 Å². The van der Waals surface area contributed by atoms with E-state index < -0.39 is 5.97 Å². The van der Waals surface area contributed by atoms with E-state index in [-0.39, 0.29) is 5.70 Å². The van der Waals surface area contributed by atoms with Crippen molar-refractivity contribution >= 4 is 17.9 Å². The average molecular weight is 363 g/mol. The fourth-order valence-electron chi connectivity index (χ4n) is 2.47. The van der Waals surface area contributed by atoms with Gasteiger partial charge in [0, 0.05) is 5.56 Å². The molecule has 1 heterocycles. The highest BCUT2D eigenvalue weighted by Crippen LogP contribution is 2.30. The predicted octanol–water partition coefficient (Wildman–Crippen LogP) is 4.38. The number of benzene rings is 2. The quantitative estimate of drug-likeness (QED) is 0.416. The first kappa shape index (κ1) is 18.5. The Bertz CT molecular complexity index is 913. The van der Waals surface area contributed by atoms with E-state index in [2.05, 4.69) is 11.6 Å². The van der Waals surface area contributed by atoms with Crippen LogP contribution in [0.5, 0.6) is 11.5 Å². The molecule has 27 heavy (non-hydrogen) atoms. The van der Waals surface area contributed by atoms with E-state index in [9.17, 15) is 4.79 Å². The van der Waals surface area contributed by atoms with Crippen LogP contribution in [0.1, 0.15) is 25.0 Å². The van der Waals surface area contributed by atoms with Crippen molar-refractivity contribution in [1.82, 2.24) is 0 Å². The van der Waals surface area contributed by atoms with E-state index >= 15 is 0 Å². The summed E-state index contributed by atoms with van der Waals surface area (Å²) in [4.78, 5) is 16.5. The molecule has 0 saturated carbocycles. The van der Waals surface area contributed by atoms with Crippen LogP contribution in [0, 0.1) is 0 Å². The Labute approximate surface area is 158 Å². The largest absolute Gasteiger partial charge is 0.490 e. The number of hydrogen-bond donors (Lipinski definition) is 0. The number of carbonyl (C=O) groups is 1. The van der Waals surface area contributed by atoms with Gasteiger partial charge in [-0.25, -0.2) is 9.79 Å². The second-order valence-electron chi connectivity index (χ2n) is 6.09. The molecule has 0 N–H and O–H groups in total. The second-order valence-corrected chi connectivity index (χ2v) is 6.09. The Morgan fingerprint density at radius 3 is 2.63 bits per heavy atom. The Balaban J connectivity index is 1.87. The summed E-state index contributed by atoms with van der Waals surface area (Å²) in [7, 11) is 0. The van der Waals surface area contributed by atoms with Crippen LogP contribution in [0.25, 0.3) is 6.08 Å². The minimum Gasteiger partial charge on any atom is -0.490 e. The fourth-order valence-corrected chi connectivity index (χ4v) is 2.47. The SMILES string of the molecule is C=C(C)COc1ccc(C=C2N=C(c3ccccc3)OC2=O)cc1OCC. The molecule has 3 rings (SSSR count). The minimum atomic E-state index is -0.477. The molecule has 0 amide bonds. The maximum absolute atomic E-state index is 12.1. The summed E-state index contributed by atoms with van der Waals surface area (Å²) in [5, 5.41) is 0. The van der Waals surface area contributed by atoms with Crippen molar-refractivity contribution in [3.63, 3.8) is 0 Å². The molecule has 2 aromatic carbocycles. The third-order valence-corrected chi connectivity index (χ3v) is 3.69. The van der Waals surface area contributed by atoms with Crippen LogP contribution in [0.3, 0.4) is 0 Å². The zero-order valence-corrected chi connectivity index (χ0v) is 15.4. The summed E-state index contributed by atoms with van der Waals surface area (Å²) in [5.41, 5.74) is 2.69. The van der Waals surface area contributed by atoms with Crippen molar-refractivity contribution in [2.75, 3.05) is 13.2 Å². The maximum Gasteiger partial charge on any atom is 0.363 e. The molecule has 0 fully saturated rings. The van der Waals surface area contributed by atoms with Gasteiger partial charge < -0.3 is 14.2 Å². The smallest absolute Gasteiger partial charge is 0.363 e. The lowest BCUT2D eigenvalue weighted by Gasteiger charge is -2.12. The van der Waals surface area contributed by atoms with E-state index in [4.69, 9.17) is 14.2 Å². The maximum atomic E-state index is 12.1. The number of rotatable bonds is 7. The Morgan fingerprint density at radius 2 is 1.93 bits per heavy atom. The average Bonchev–Trinajstić information content (AvgIpc) is 3.02. The number of cyclic esters (lactones) is 1. The van der Waals surface area contributed by atoms with Crippen LogP contribution < -0.4 is 9.47 Å². The first-order valence-corrected chi connectivity index (χ1v) is 8.69. The molecule has 2 aromatic rings. The molecule has 0 aliphatic carbocycles. The van der Waals surface area contributed by atoms with Gasteiger partial charge in [-0.15, -0.1) is 0 Å². The van der Waals surface area contributed by atoms with Crippen molar-refractivity contribution in [2.24, 2.45) is 4.99 Å². The van der Waals surface area contributed by atoms with Gasteiger partial charge in [-0.3, -0.25) is 0 Å². The van der Waals surface area contributed by atoms with Gasteiger partial charge in [-0.05, 0) is 55.3 Å². The summed E-state index contributed by atoms with van der Waals surface area (Å²) in [6.07, 6.45) is 1.67. The molecule has 0 spiro atoms. The van der Waals surface area contributed by atoms with Gasteiger partial charge in [-0.1, -0.05) is 30.8 Å². The Morgan fingerprint density at radius 1 is 1.15 bits per heavy atom. The van der Waals surface area contributed by atoms with E-state index in [0.29, 0.717) is 30.6 Å². The third kappa shape index (κ3) is 4.64. The second kappa shape index (κ2) is 8.36. The van der Waals surface area contributed by atoms with E-state index in [0.717, 1.165) is 16.7 Å². The zero-order chi connectivity index (χ0) is 19.2. The lowest BCUT2D eigenvalue weighted by Crippen LogP contribution is -2.05. The number of esters is 1. The monoisotopic (exact) mass is 363 g/mol. The summed E-state index contributed by atoms with van der Waals surface area (Å²) >= 11 is 0. The third-order valence-electron chi connectivity index (χ3n) is 3.69. The number of carbonyl (C=O) groups excluding carboxylic acids is 1. The molecule has 0 unspecified atom stereocenters. The lowest BCUT2D eigenvalue weighted by atomic mass is 10.1. The minimum absolute atomic E-state index is 0.243. The van der Waals surface area contributed by atoms with Crippen molar-refractivity contribution in [3.8, 4) is 11.5 Å². The Kier molecular flexibility index (Phi) is 5.71. The molecular formula is C22H21NO4. The van der Waals surface area contributed by atoms with Gasteiger partial charge >= 0.3 is 5.97 Å². The standard InChI is InChI=1S/C22H21NO4/c1-4-25-20-13-16(10-11-19(20)26-14-15(2)3)12-18-22(24)27-21(23-18)17-8-6-5-7-9-17/h5-13H,2,4,14H2,1,3H3. The summed E-state index contributed by atoms with van der Waals surface area (Å²) < 4.78 is 16.6. The van der Waals surface area contributed by atoms with E-state index in [1.165, 1.54) is 0 Å². The summed E-state index contributed by atoms with van der Waals surface area (Å²) in [5.74, 6) is 1.06. The molecule has 1 aliphatic rings. The molecule has 1 aliphatic heterocycles. The molecule has 5 nitrogen and oxygen atoms in total. The molecular weight excluding hydrogens is 342 g/mol. The van der Waals surface area contributed by atoms with E-state index in [1.54, 1.807) is 6.08 Å². The highest BCUT2D eigenvalue weighted by Gasteiger charge is 2.24. The molecule has 0 aromatic heterocycles. The van der Waals surface area contributed by atoms with Gasteiger partial charge in [0.1, 0.15) is 6.61 Å². The highest BCUT2D eigenvalue weighted by molar-refractivity contribution is 6.12. The molecule has 0 saturated heterocycles. The van der Waals surface area contributed by atoms with Crippen molar-refractivity contribution < 1.29 is 19.0 Å². The van der Waals surface area contributed by atoms with Gasteiger partial charge in [0.15, 0.2) is 17.2 Å². The summed E-state index contributed by atoms with van der Waals surface area (Å²) in [6.45, 7) is 8.54. The molecule has 0 atom stereocenters. The van der Waals surface area contributed by atoms with Crippen LogP contribution in [-0.2, 0) is 9.53 Å². The molecule has 0 radical (unpaired) electrons. The van der Waals surface area contributed by atoms with Gasteiger partial charge in [0.05, 0.1) is 6.61 Å². The Hall–Kier alpha value is -3.34. The number of aliphatic imine (C=N–C) groups is 1. The van der Waals surface area contributed by atoms with Crippen molar-refractivity contribution in [2.45, 2.75) is 13.8 Å². The topological polar surface area (TPSA) is 57.1 Å². The van der Waals surface area contributed by atoms with Crippen LogP contribution in [0.4, 0.5) is 0 Å². The van der Waals surface area contributed by atoms with Crippen molar-refractivity contribution in [3.05, 3.63) is 77.5 Å². The van der Waals surface area contributed by atoms with Gasteiger partial charge in [0.2, 0.25) is 5.90 Å². The molecule has 5 heteroatoms. The fraction of sp³-hybridized carbons (Fsp3) is 0.182.